The lowest BCUT2D eigenvalue weighted by Gasteiger charge is -2.21. The van der Waals surface area contributed by atoms with Crippen LogP contribution in [0.25, 0.3) is 12.2 Å². The minimum atomic E-state index is -0.223. The third-order valence-corrected chi connectivity index (χ3v) is 3.35. The molecule has 0 aliphatic rings. The Morgan fingerprint density at radius 2 is 1.58 bits per heavy atom. The lowest BCUT2D eigenvalue weighted by atomic mass is 10.1. The molecule has 0 amide bonds. The third-order valence-electron chi connectivity index (χ3n) is 3.35. The van der Waals surface area contributed by atoms with Gasteiger partial charge < -0.3 is 9.84 Å². The van der Waals surface area contributed by atoms with Crippen LogP contribution in [0.1, 0.15) is 31.9 Å². The zero-order valence-corrected chi connectivity index (χ0v) is 15.3. The van der Waals surface area contributed by atoms with Gasteiger partial charge in [0.05, 0.1) is 6.07 Å². The average molecular weight is 345 g/mol. The van der Waals surface area contributed by atoms with Crippen LogP contribution < -0.4 is 4.74 Å². The Morgan fingerprint density at radius 3 is 2.15 bits per heavy atom. The molecule has 2 aromatic carbocycles. The summed E-state index contributed by atoms with van der Waals surface area (Å²) in [5.41, 5.74) is 2.64. The third kappa shape index (κ3) is 6.70. The van der Waals surface area contributed by atoms with Gasteiger partial charge in [0, 0.05) is 6.08 Å². The highest BCUT2D eigenvalue weighted by molar-refractivity contribution is 5.65. The van der Waals surface area contributed by atoms with Crippen LogP contribution in [0, 0.1) is 11.3 Å². The van der Waals surface area contributed by atoms with Crippen LogP contribution in [-0.2, 0) is 0 Å². The zero-order valence-electron chi connectivity index (χ0n) is 15.3. The number of allylic oxidation sites excluding steroid dienone is 4. The van der Waals surface area contributed by atoms with Gasteiger partial charge in [-0.25, -0.2) is 0 Å². The molecule has 3 heteroatoms. The highest BCUT2D eigenvalue weighted by Crippen LogP contribution is 2.20. The fraction of sp³-hybridized carbons (Fsp3) is 0.174. The number of hydrogen-bond acceptors (Lipinski definition) is 3. The number of aromatic hydroxyl groups is 1. The summed E-state index contributed by atoms with van der Waals surface area (Å²) in [7, 11) is 0. The van der Waals surface area contributed by atoms with Crippen LogP contribution in [0.5, 0.6) is 11.5 Å². The SMILES string of the molecule is CC(C)(C)Oc1ccc(C=CC(C=CC#N)=Cc2ccc(O)cc2)cc1. The predicted octanol–water partition coefficient (Wildman–Crippen LogP) is 5.75. The van der Waals surface area contributed by atoms with Crippen LogP contribution >= 0.6 is 0 Å². The van der Waals surface area contributed by atoms with E-state index in [0.29, 0.717) is 0 Å². The normalized spacial score (nSPS) is 12.5. The van der Waals surface area contributed by atoms with Gasteiger partial charge in [0.15, 0.2) is 0 Å². The van der Waals surface area contributed by atoms with E-state index in [1.165, 1.54) is 6.08 Å². The van der Waals surface area contributed by atoms with E-state index in [-0.39, 0.29) is 11.4 Å². The minimum absolute atomic E-state index is 0.223. The van der Waals surface area contributed by atoms with E-state index >= 15 is 0 Å². The summed E-state index contributed by atoms with van der Waals surface area (Å²) in [5.74, 6) is 1.06. The molecule has 0 atom stereocenters. The lowest BCUT2D eigenvalue weighted by Crippen LogP contribution is -2.22. The van der Waals surface area contributed by atoms with Crippen molar-refractivity contribution in [3.63, 3.8) is 0 Å². The van der Waals surface area contributed by atoms with Crippen LogP contribution in [0.2, 0.25) is 0 Å². The molecule has 0 fully saturated rings. The largest absolute Gasteiger partial charge is 0.508 e. The topological polar surface area (TPSA) is 53.2 Å². The first kappa shape index (κ1) is 19.1. The first-order valence-corrected chi connectivity index (χ1v) is 8.40. The molecule has 0 unspecified atom stereocenters. The number of hydrogen-bond donors (Lipinski definition) is 1. The Hall–Kier alpha value is -3.25. The van der Waals surface area contributed by atoms with Gasteiger partial charge in [0.1, 0.15) is 17.1 Å². The van der Waals surface area contributed by atoms with E-state index in [9.17, 15) is 5.11 Å². The number of benzene rings is 2. The Labute approximate surface area is 155 Å². The summed E-state index contributed by atoms with van der Waals surface area (Å²) in [6.45, 7) is 6.05. The molecule has 0 saturated heterocycles. The molecule has 0 heterocycles. The number of phenolic OH excluding ortho intramolecular Hbond substituents is 1. The summed E-state index contributed by atoms with van der Waals surface area (Å²) < 4.78 is 5.82. The maximum atomic E-state index is 9.38. The maximum Gasteiger partial charge on any atom is 0.120 e. The molecular formula is C23H23NO2. The van der Waals surface area contributed by atoms with Gasteiger partial charge in [0.25, 0.3) is 0 Å². The van der Waals surface area contributed by atoms with Gasteiger partial charge in [-0.1, -0.05) is 36.4 Å². The summed E-state index contributed by atoms with van der Waals surface area (Å²) >= 11 is 0. The maximum absolute atomic E-state index is 9.38. The number of nitrogens with zero attached hydrogens (tertiary/aromatic N) is 1. The summed E-state index contributed by atoms with van der Waals surface area (Å²) in [4.78, 5) is 0. The second-order valence-electron chi connectivity index (χ2n) is 6.82. The molecule has 1 N–H and O–H groups in total. The fourth-order valence-corrected chi connectivity index (χ4v) is 2.24. The smallest absolute Gasteiger partial charge is 0.120 e. The molecule has 2 rings (SSSR count). The van der Waals surface area contributed by atoms with Crippen molar-refractivity contribution in [3.8, 4) is 17.6 Å². The van der Waals surface area contributed by atoms with Crippen molar-refractivity contribution >= 4 is 12.2 Å². The van der Waals surface area contributed by atoms with Crippen molar-refractivity contribution < 1.29 is 9.84 Å². The van der Waals surface area contributed by atoms with Gasteiger partial charge in [-0.3, -0.25) is 0 Å². The van der Waals surface area contributed by atoms with Crippen molar-refractivity contribution in [3.05, 3.63) is 83.5 Å². The number of nitriles is 1. The number of rotatable bonds is 5. The Balaban J connectivity index is 2.18. The highest BCUT2D eigenvalue weighted by atomic mass is 16.5. The average Bonchev–Trinajstić information content (AvgIpc) is 2.59. The van der Waals surface area contributed by atoms with Crippen molar-refractivity contribution in [2.24, 2.45) is 0 Å². The van der Waals surface area contributed by atoms with Gasteiger partial charge >= 0.3 is 0 Å². The van der Waals surface area contributed by atoms with Gasteiger partial charge in [0.2, 0.25) is 0 Å². The second-order valence-corrected chi connectivity index (χ2v) is 6.82. The zero-order chi connectivity index (χ0) is 19.0. The van der Waals surface area contributed by atoms with Gasteiger partial charge in [-0.2, -0.15) is 5.26 Å². The fourth-order valence-electron chi connectivity index (χ4n) is 2.24. The molecule has 2 aromatic rings. The molecule has 0 aliphatic heterocycles. The Morgan fingerprint density at radius 1 is 0.962 bits per heavy atom. The molecule has 26 heavy (non-hydrogen) atoms. The van der Waals surface area contributed by atoms with Crippen molar-refractivity contribution in [2.75, 3.05) is 0 Å². The second kappa shape index (κ2) is 8.73. The highest BCUT2D eigenvalue weighted by Gasteiger charge is 2.10. The molecule has 3 nitrogen and oxygen atoms in total. The van der Waals surface area contributed by atoms with E-state index < -0.39 is 0 Å². The van der Waals surface area contributed by atoms with E-state index in [1.807, 2.05) is 81.5 Å². The first-order valence-electron chi connectivity index (χ1n) is 8.40. The van der Waals surface area contributed by atoms with E-state index in [1.54, 1.807) is 18.2 Å². The van der Waals surface area contributed by atoms with Crippen LogP contribution in [-0.4, -0.2) is 10.7 Å². The molecule has 0 spiro atoms. The predicted molar refractivity (Wildman–Crippen MR) is 107 cm³/mol. The molecular weight excluding hydrogens is 322 g/mol. The molecule has 0 saturated carbocycles. The lowest BCUT2D eigenvalue weighted by molar-refractivity contribution is 0.131. The molecule has 0 bridgehead atoms. The van der Waals surface area contributed by atoms with Crippen LogP contribution in [0.15, 0.2) is 72.3 Å². The molecule has 0 aliphatic carbocycles. The number of phenols is 1. The van der Waals surface area contributed by atoms with Gasteiger partial charge in [-0.05, 0) is 73.9 Å². The Kier molecular flexibility index (Phi) is 6.41. The Bertz CT molecular complexity index is 843. The van der Waals surface area contributed by atoms with E-state index in [2.05, 4.69) is 0 Å². The quantitative estimate of drug-likeness (QED) is 0.555. The first-order chi connectivity index (χ1) is 12.4. The van der Waals surface area contributed by atoms with Crippen LogP contribution in [0.3, 0.4) is 0 Å². The summed E-state index contributed by atoms with van der Waals surface area (Å²) in [5, 5.41) is 18.2. The monoisotopic (exact) mass is 345 g/mol. The van der Waals surface area contributed by atoms with Crippen molar-refractivity contribution in [1.82, 2.24) is 0 Å². The number of ether oxygens (including phenoxy) is 1. The minimum Gasteiger partial charge on any atom is -0.508 e. The molecule has 0 aromatic heterocycles. The standard InChI is InChI=1S/C23H23NO2/c1-23(2,3)26-22-14-10-18(11-15-22)6-7-19(5-4-16-24)17-20-8-12-21(25)13-9-20/h4-15,17,25H,1-3H3. The van der Waals surface area contributed by atoms with E-state index in [0.717, 1.165) is 22.4 Å². The van der Waals surface area contributed by atoms with Crippen molar-refractivity contribution in [2.45, 2.75) is 26.4 Å². The van der Waals surface area contributed by atoms with Gasteiger partial charge in [-0.15, -0.1) is 0 Å². The molecule has 0 radical (unpaired) electrons. The van der Waals surface area contributed by atoms with E-state index in [4.69, 9.17) is 10.00 Å². The van der Waals surface area contributed by atoms with Crippen molar-refractivity contribution in [1.29, 1.82) is 5.26 Å². The molecule has 132 valence electrons. The summed E-state index contributed by atoms with van der Waals surface area (Å²) in [6, 6.07) is 16.8. The van der Waals surface area contributed by atoms with Crippen LogP contribution in [0.4, 0.5) is 0 Å². The summed E-state index contributed by atoms with van der Waals surface area (Å²) in [6.07, 6.45) is 9.06.